The third kappa shape index (κ3) is 4.92. The summed E-state index contributed by atoms with van der Waals surface area (Å²) in [6.45, 7) is -1.57. The Kier molecular flexibility index (Phi) is 6.51. The second-order valence-electron chi connectivity index (χ2n) is 7.66. The molecule has 0 aliphatic heterocycles. The molecule has 0 atom stereocenters. The lowest BCUT2D eigenvalue weighted by Gasteiger charge is -2.15. The van der Waals surface area contributed by atoms with Gasteiger partial charge in [0.05, 0.1) is 18.5 Å². The number of methoxy groups -OCH3 is 1. The number of nitrogen functional groups attached to an aromatic ring is 2. The van der Waals surface area contributed by atoms with E-state index >= 15 is 0 Å². The molecule has 2 aromatic carbocycles. The van der Waals surface area contributed by atoms with Crippen molar-refractivity contribution in [2.24, 2.45) is 4.99 Å². The van der Waals surface area contributed by atoms with Crippen molar-refractivity contribution in [1.82, 2.24) is 14.5 Å². The number of anilines is 2. The zero-order valence-corrected chi connectivity index (χ0v) is 19.2. The summed E-state index contributed by atoms with van der Waals surface area (Å²) in [5.74, 6) is 0.136. The Morgan fingerprint density at radius 3 is 2.42 bits per heavy atom. The average Bonchev–Trinajstić information content (AvgIpc) is 2.84. The molecule has 4 aromatic rings. The van der Waals surface area contributed by atoms with E-state index in [1.54, 1.807) is 55.7 Å². The Morgan fingerprint density at radius 1 is 1.06 bits per heavy atom. The van der Waals surface area contributed by atoms with Crippen LogP contribution in [0.1, 0.15) is 5.56 Å². The summed E-state index contributed by atoms with van der Waals surface area (Å²) in [5.41, 5.74) is 13.4. The van der Waals surface area contributed by atoms with Crippen molar-refractivity contribution in [3.8, 4) is 28.6 Å². The Morgan fingerprint density at radius 2 is 1.78 bits per heavy atom. The lowest BCUT2D eigenvalue weighted by atomic mass is 10.1. The molecular weight excluding hydrogens is 477 g/mol. The van der Waals surface area contributed by atoms with Crippen molar-refractivity contribution in [2.75, 3.05) is 32.2 Å². The van der Waals surface area contributed by atoms with E-state index in [4.69, 9.17) is 20.9 Å². The van der Waals surface area contributed by atoms with Crippen LogP contribution in [0.5, 0.6) is 11.6 Å². The fourth-order valence-electron chi connectivity index (χ4n) is 3.51. The molecule has 0 radical (unpaired) electrons. The van der Waals surface area contributed by atoms with Gasteiger partial charge in [0, 0.05) is 36.1 Å². The monoisotopic (exact) mass is 498 g/mol. The number of benzene rings is 2. The average molecular weight is 498 g/mol. The van der Waals surface area contributed by atoms with Gasteiger partial charge in [-0.2, -0.15) is 18.2 Å². The van der Waals surface area contributed by atoms with Gasteiger partial charge in [-0.3, -0.25) is 14.4 Å². The van der Waals surface area contributed by atoms with Crippen LogP contribution in [0.3, 0.4) is 0 Å². The first-order chi connectivity index (χ1) is 17.1. The van der Waals surface area contributed by atoms with E-state index in [9.17, 15) is 18.0 Å². The molecule has 36 heavy (non-hydrogen) atoms. The second-order valence-corrected chi connectivity index (χ2v) is 7.66. The van der Waals surface area contributed by atoms with Crippen LogP contribution >= 0.6 is 0 Å². The molecule has 4 N–H and O–H groups in total. The lowest BCUT2D eigenvalue weighted by molar-refractivity contribution is -0.154. The molecule has 12 heteroatoms. The van der Waals surface area contributed by atoms with Gasteiger partial charge in [0.15, 0.2) is 12.3 Å². The fourth-order valence-corrected chi connectivity index (χ4v) is 3.51. The quantitative estimate of drug-likeness (QED) is 0.307. The van der Waals surface area contributed by atoms with Crippen LogP contribution in [0.2, 0.25) is 0 Å². The fraction of sp³-hybridized carbons (Fsp3) is 0.167. The molecule has 0 saturated heterocycles. The molecule has 0 fully saturated rings. The number of hydrogen-bond donors (Lipinski definition) is 2. The first-order valence-corrected chi connectivity index (χ1v) is 10.5. The maximum absolute atomic E-state index is 13.7. The van der Waals surface area contributed by atoms with E-state index in [0.29, 0.717) is 28.3 Å². The summed E-state index contributed by atoms with van der Waals surface area (Å²) in [6.07, 6.45) is -3.04. The molecule has 0 bridgehead atoms. The van der Waals surface area contributed by atoms with E-state index in [1.807, 2.05) is 0 Å². The van der Waals surface area contributed by atoms with Crippen LogP contribution in [-0.4, -0.2) is 47.7 Å². The molecule has 2 heterocycles. The van der Waals surface area contributed by atoms with Crippen LogP contribution in [0.15, 0.2) is 58.3 Å². The van der Waals surface area contributed by atoms with E-state index in [1.165, 1.54) is 11.7 Å². The molecule has 0 amide bonds. The van der Waals surface area contributed by atoms with Gasteiger partial charge in [-0.15, -0.1) is 0 Å². The van der Waals surface area contributed by atoms with Gasteiger partial charge in [-0.1, -0.05) is 6.07 Å². The Hall–Kier alpha value is -4.61. The van der Waals surface area contributed by atoms with Gasteiger partial charge in [-0.05, 0) is 36.4 Å². The van der Waals surface area contributed by atoms with Crippen LogP contribution in [0.4, 0.5) is 24.5 Å². The van der Waals surface area contributed by atoms with Crippen molar-refractivity contribution in [1.29, 1.82) is 0 Å². The predicted molar refractivity (Wildman–Crippen MR) is 131 cm³/mol. The number of hydrogen-bond acceptors (Lipinski definition) is 8. The van der Waals surface area contributed by atoms with Gasteiger partial charge in [-0.25, -0.2) is 4.98 Å². The zero-order chi connectivity index (χ0) is 26.0. The topological polar surface area (TPSA) is 131 Å². The molecule has 0 aliphatic rings. The van der Waals surface area contributed by atoms with Crippen molar-refractivity contribution in [3.63, 3.8) is 0 Å². The molecule has 0 spiro atoms. The molecule has 186 valence electrons. The number of nitrogens with zero attached hydrogens (tertiary/aromatic N) is 4. The largest absolute Gasteiger partial charge is 0.497 e. The molecule has 0 aliphatic carbocycles. The Labute approximate surface area is 202 Å². The number of nitrogens with two attached hydrogens (primary N) is 2. The summed E-state index contributed by atoms with van der Waals surface area (Å²) in [6, 6.07) is 12.5. The number of pyridine rings is 1. The summed E-state index contributed by atoms with van der Waals surface area (Å²) in [5, 5.41) is 0. The van der Waals surface area contributed by atoms with E-state index in [-0.39, 0.29) is 22.5 Å². The first kappa shape index (κ1) is 24.5. The predicted octanol–water partition coefficient (Wildman–Crippen LogP) is 3.61. The maximum atomic E-state index is 13.7. The van der Waals surface area contributed by atoms with Crippen molar-refractivity contribution in [3.05, 3.63) is 64.4 Å². The standard InChI is InChI=1S/C24H21F3N6O3/c1-30-11-14-9-13(3-8-17(14)28)20-23(34)33(15-4-6-16(35-2)7-5-15)22-21(32-20)18(29)10-19(31-22)36-12-24(25,26)27/h3-11H,12,28H2,1-2H3,(H2,29,31). The summed E-state index contributed by atoms with van der Waals surface area (Å²) in [4.78, 5) is 26.3. The smallest absolute Gasteiger partial charge is 0.422 e. The number of alkyl halides is 3. The molecule has 4 rings (SSSR count). The van der Waals surface area contributed by atoms with Crippen LogP contribution in [0.25, 0.3) is 28.1 Å². The Balaban J connectivity index is 2.01. The van der Waals surface area contributed by atoms with Gasteiger partial charge < -0.3 is 20.9 Å². The van der Waals surface area contributed by atoms with Gasteiger partial charge >= 0.3 is 6.18 Å². The number of fused-ring (bicyclic) bond motifs is 1. The van der Waals surface area contributed by atoms with E-state index in [0.717, 1.165) is 6.07 Å². The SMILES string of the molecule is CN=Cc1cc(-c2nc3c(N)cc(OCC(F)(F)F)nc3n(-c3ccc(OC)cc3)c2=O)ccc1N. The minimum atomic E-state index is -4.59. The minimum Gasteiger partial charge on any atom is -0.497 e. The Bertz CT molecular complexity index is 1520. The lowest BCUT2D eigenvalue weighted by Crippen LogP contribution is -2.24. The normalized spacial score (nSPS) is 11.8. The van der Waals surface area contributed by atoms with E-state index < -0.39 is 24.2 Å². The number of aromatic nitrogens is 3. The van der Waals surface area contributed by atoms with Crippen molar-refractivity contribution in [2.45, 2.75) is 6.18 Å². The van der Waals surface area contributed by atoms with Crippen molar-refractivity contribution >= 4 is 28.8 Å². The van der Waals surface area contributed by atoms with Gasteiger partial charge in [0.1, 0.15) is 17.0 Å². The molecular formula is C24H21F3N6O3. The molecule has 0 saturated carbocycles. The zero-order valence-electron chi connectivity index (χ0n) is 19.2. The highest BCUT2D eigenvalue weighted by molar-refractivity contribution is 5.91. The number of ether oxygens (including phenoxy) is 2. The second kappa shape index (κ2) is 9.56. The van der Waals surface area contributed by atoms with Crippen molar-refractivity contribution < 1.29 is 22.6 Å². The molecule has 2 aromatic heterocycles. The first-order valence-electron chi connectivity index (χ1n) is 10.5. The van der Waals surface area contributed by atoms with Crippen LogP contribution in [0, 0.1) is 0 Å². The number of aliphatic imine (C=N–C) groups is 1. The highest BCUT2D eigenvalue weighted by Gasteiger charge is 2.29. The molecule has 0 unspecified atom stereocenters. The minimum absolute atomic E-state index is 0.0218. The highest BCUT2D eigenvalue weighted by atomic mass is 19.4. The maximum Gasteiger partial charge on any atom is 0.422 e. The third-order valence-corrected chi connectivity index (χ3v) is 5.16. The number of rotatable bonds is 6. The third-order valence-electron chi connectivity index (χ3n) is 5.16. The summed E-state index contributed by atoms with van der Waals surface area (Å²) >= 11 is 0. The van der Waals surface area contributed by atoms with E-state index in [2.05, 4.69) is 15.0 Å². The van der Waals surface area contributed by atoms with Gasteiger partial charge in [0.2, 0.25) is 5.88 Å². The summed E-state index contributed by atoms with van der Waals surface area (Å²) < 4.78 is 49.3. The van der Waals surface area contributed by atoms with Crippen LogP contribution in [-0.2, 0) is 0 Å². The highest BCUT2D eigenvalue weighted by Crippen LogP contribution is 2.28. The molecule has 9 nitrogen and oxygen atoms in total. The summed E-state index contributed by atoms with van der Waals surface area (Å²) in [7, 11) is 3.08. The van der Waals surface area contributed by atoms with Gasteiger partial charge in [0.25, 0.3) is 5.56 Å². The van der Waals surface area contributed by atoms with Crippen LogP contribution < -0.4 is 26.5 Å². The number of halogens is 3.